The average molecular weight is 583 g/mol. The molecule has 1 saturated carbocycles. The van der Waals surface area contributed by atoms with Crippen molar-refractivity contribution in [3.05, 3.63) is 57.0 Å². The molecule has 1 saturated heterocycles. The molecule has 2 fully saturated rings. The van der Waals surface area contributed by atoms with Crippen LogP contribution >= 0.6 is 0 Å². The van der Waals surface area contributed by atoms with Crippen LogP contribution in [0.2, 0.25) is 0 Å². The number of likely N-dealkylation sites (N-methyl/N-ethyl adjacent to an activating group) is 1. The second-order valence-electron chi connectivity index (χ2n) is 12.4. The molecule has 2 bridgehead atoms. The fourth-order valence-electron chi connectivity index (χ4n) is 6.68. The van der Waals surface area contributed by atoms with E-state index in [2.05, 4.69) is 20.5 Å². The lowest BCUT2D eigenvalue weighted by Crippen LogP contribution is -2.54. The molecule has 12 heteroatoms. The van der Waals surface area contributed by atoms with Gasteiger partial charge in [0.1, 0.15) is 11.6 Å². The second kappa shape index (κ2) is 11.5. The van der Waals surface area contributed by atoms with Crippen molar-refractivity contribution >= 4 is 17.7 Å². The number of hydrogen-bond donors (Lipinski definition) is 3. The Labute approximate surface area is 244 Å². The van der Waals surface area contributed by atoms with Crippen LogP contribution in [0.4, 0.5) is 4.39 Å². The molecule has 3 N–H and O–H groups in total. The number of benzene rings is 1. The van der Waals surface area contributed by atoms with Crippen molar-refractivity contribution in [3.63, 3.8) is 0 Å². The number of nitrogens with zero attached hydrogens (tertiary/aromatic N) is 4. The Bertz CT molecular complexity index is 1460. The maximum absolute atomic E-state index is 13.7. The highest BCUT2D eigenvalue weighted by Crippen LogP contribution is 2.50. The number of fused-ring (bicyclic) bond motifs is 2. The number of aromatic nitrogens is 2. The van der Waals surface area contributed by atoms with Crippen LogP contribution < -0.4 is 16.2 Å². The summed E-state index contributed by atoms with van der Waals surface area (Å²) in [5, 5.41) is 16.5. The number of aryl methyl sites for hydroxylation is 1. The maximum atomic E-state index is 13.7. The third-order valence-electron chi connectivity index (χ3n) is 9.08. The van der Waals surface area contributed by atoms with Crippen molar-refractivity contribution < 1.29 is 23.9 Å². The molecule has 1 aromatic carbocycles. The van der Waals surface area contributed by atoms with Gasteiger partial charge in [-0.25, -0.2) is 9.37 Å². The fourth-order valence-corrected chi connectivity index (χ4v) is 6.68. The molecule has 3 aliphatic heterocycles. The first-order chi connectivity index (χ1) is 19.9. The number of piperidine rings is 1. The van der Waals surface area contributed by atoms with Gasteiger partial charge in [0.15, 0.2) is 5.69 Å². The molecule has 4 heterocycles. The normalized spacial score (nSPS) is 23.5. The predicted molar refractivity (Wildman–Crippen MR) is 152 cm³/mol. The minimum atomic E-state index is -1.17. The summed E-state index contributed by atoms with van der Waals surface area (Å²) in [5.41, 5.74) is -1.60. The number of hydrogen-bond acceptors (Lipinski definition) is 7. The van der Waals surface area contributed by atoms with Crippen molar-refractivity contribution in [1.29, 1.82) is 0 Å². The van der Waals surface area contributed by atoms with E-state index >= 15 is 0 Å². The summed E-state index contributed by atoms with van der Waals surface area (Å²) in [4.78, 5) is 60.8. The number of amides is 3. The van der Waals surface area contributed by atoms with Gasteiger partial charge in [0.2, 0.25) is 5.75 Å². The molecule has 3 amide bonds. The zero-order valence-electron chi connectivity index (χ0n) is 24.5. The number of halogens is 1. The van der Waals surface area contributed by atoms with Crippen molar-refractivity contribution in [1.82, 2.24) is 30.0 Å². The quantitative estimate of drug-likeness (QED) is 0.442. The molecular formula is C30H39FN6O5. The number of carbonyl (C=O) groups is 3. The molecule has 0 atom stereocenters. The smallest absolute Gasteiger partial charge is 0.311 e. The lowest BCUT2D eigenvalue weighted by molar-refractivity contribution is -0.145. The Morgan fingerprint density at radius 2 is 1.79 bits per heavy atom. The van der Waals surface area contributed by atoms with E-state index in [9.17, 15) is 28.7 Å². The Hall–Kier alpha value is -3.80. The highest BCUT2D eigenvalue weighted by molar-refractivity contribution is 6.35. The van der Waals surface area contributed by atoms with E-state index in [1.165, 1.54) is 42.1 Å². The zero-order valence-corrected chi connectivity index (χ0v) is 24.5. The fraction of sp³-hybridized carbons (Fsp3) is 0.567. The number of aromatic hydroxyl groups is 1. The van der Waals surface area contributed by atoms with E-state index in [0.717, 1.165) is 32.5 Å². The van der Waals surface area contributed by atoms with Crippen LogP contribution in [-0.4, -0.2) is 75.9 Å². The van der Waals surface area contributed by atoms with Crippen molar-refractivity contribution in [2.45, 2.75) is 70.5 Å². The highest BCUT2D eigenvalue weighted by Gasteiger charge is 2.52. The van der Waals surface area contributed by atoms with Gasteiger partial charge in [-0.2, -0.15) is 0 Å². The summed E-state index contributed by atoms with van der Waals surface area (Å²) in [6, 6.07) is 4.44. The molecule has 1 aromatic heterocycles. The Kier molecular flexibility index (Phi) is 8.10. The zero-order chi connectivity index (χ0) is 30.2. The Morgan fingerprint density at radius 3 is 2.43 bits per heavy atom. The van der Waals surface area contributed by atoms with E-state index in [4.69, 9.17) is 0 Å². The number of likely N-dealkylation sites (tertiary alicyclic amines) is 1. The van der Waals surface area contributed by atoms with Gasteiger partial charge in [-0.15, -0.1) is 0 Å². The number of nitrogens with one attached hydrogen (secondary N) is 2. The van der Waals surface area contributed by atoms with Gasteiger partial charge in [-0.3, -0.25) is 23.7 Å². The van der Waals surface area contributed by atoms with Crippen LogP contribution in [0.5, 0.6) is 5.75 Å². The van der Waals surface area contributed by atoms with Crippen molar-refractivity contribution in [2.75, 3.05) is 33.7 Å². The molecular weight excluding hydrogens is 543 g/mol. The van der Waals surface area contributed by atoms with Gasteiger partial charge in [-0.05, 0) is 75.7 Å². The number of rotatable bonds is 6. The van der Waals surface area contributed by atoms with Gasteiger partial charge in [0.05, 0.1) is 5.54 Å². The van der Waals surface area contributed by atoms with Gasteiger partial charge < -0.3 is 25.5 Å². The molecule has 4 aliphatic rings. The molecule has 1 aliphatic carbocycles. The summed E-state index contributed by atoms with van der Waals surface area (Å²) in [6.45, 7) is 4.67. The lowest BCUT2D eigenvalue weighted by atomic mass is 9.68. The predicted octanol–water partition coefficient (Wildman–Crippen LogP) is 1.79. The summed E-state index contributed by atoms with van der Waals surface area (Å²) < 4.78 is 15.1. The molecule has 0 spiro atoms. The summed E-state index contributed by atoms with van der Waals surface area (Å²) in [5.74, 6) is -3.30. The minimum absolute atomic E-state index is 0.0254. The lowest BCUT2D eigenvalue weighted by Gasteiger charge is -2.44. The van der Waals surface area contributed by atoms with E-state index < -0.39 is 40.3 Å². The summed E-state index contributed by atoms with van der Waals surface area (Å²) in [6.07, 6.45) is 5.66. The summed E-state index contributed by atoms with van der Waals surface area (Å²) >= 11 is 0. The van der Waals surface area contributed by atoms with E-state index in [1.807, 2.05) is 0 Å². The molecule has 2 aromatic rings. The van der Waals surface area contributed by atoms with E-state index in [1.54, 1.807) is 13.0 Å². The Balaban J connectivity index is 1.52. The average Bonchev–Trinajstić information content (AvgIpc) is 3.18. The van der Waals surface area contributed by atoms with E-state index in [-0.39, 0.29) is 30.1 Å². The Morgan fingerprint density at radius 1 is 1.10 bits per heavy atom. The SMILES string of the molecule is Cc1cc(CNC(=O)c2nc3n(c(=O)c2O)CC2(CN4CCCCC4)CCC3(NC(=O)C(=O)N(C)C)CC2)ccc1F. The molecule has 0 unspecified atom stereocenters. The highest BCUT2D eigenvalue weighted by atomic mass is 19.1. The van der Waals surface area contributed by atoms with Crippen LogP contribution in [0.1, 0.15) is 72.4 Å². The van der Waals surface area contributed by atoms with Crippen LogP contribution in [0, 0.1) is 18.2 Å². The molecule has 42 heavy (non-hydrogen) atoms. The number of carbonyl (C=O) groups excluding carboxylic acids is 3. The topological polar surface area (TPSA) is 137 Å². The molecule has 11 nitrogen and oxygen atoms in total. The van der Waals surface area contributed by atoms with Crippen molar-refractivity contribution in [2.24, 2.45) is 5.41 Å². The van der Waals surface area contributed by atoms with E-state index in [0.29, 0.717) is 36.8 Å². The van der Waals surface area contributed by atoms with Gasteiger partial charge in [0, 0.05) is 39.1 Å². The molecule has 0 radical (unpaired) electrons. The van der Waals surface area contributed by atoms with Gasteiger partial charge in [-0.1, -0.05) is 18.6 Å². The van der Waals surface area contributed by atoms with Crippen molar-refractivity contribution in [3.8, 4) is 5.75 Å². The third-order valence-corrected chi connectivity index (χ3v) is 9.08. The van der Waals surface area contributed by atoms with Crippen LogP contribution in [0.25, 0.3) is 0 Å². The molecule has 226 valence electrons. The van der Waals surface area contributed by atoms with Crippen LogP contribution in [0.3, 0.4) is 0 Å². The standard InChI is InChI=1S/C30H39FN6O5/c1-19-15-20(7-8-21(19)31)16-32-24(39)22-23(38)26(41)37-18-29(17-36-13-5-4-6-14-36)9-11-30(12-10-29,28(37)33-22)34-25(40)27(42)35(2)3/h7-8,15,38H,4-6,9-14,16-18H2,1-3H3,(H,32,39)(H,34,40). The van der Waals surface area contributed by atoms with Gasteiger partial charge >= 0.3 is 11.8 Å². The first-order valence-corrected chi connectivity index (χ1v) is 14.6. The monoisotopic (exact) mass is 582 g/mol. The van der Waals surface area contributed by atoms with Gasteiger partial charge in [0.25, 0.3) is 11.5 Å². The first kappa shape index (κ1) is 29.7. The first-order valence-electron chi connectivity index (χ1n) is 14.6. The van der Waals surface area contributed by atoms with Crippen LogP contribution in [0.15, 0.2) is 23.0 Å². The molecule has 6 rings (SSSR count). The second-order valence-corrected chi connectivity index (χ2v) is 12.4. The largest absolute Gasteiger partial charge is 0.501 e. The maximum Gasteiger partial charge on any atom is 0.311 e. The summed E-state index contributed by atoms with van der Waals surface area (Å²) in [7, 11) is 2.97. The minimum Gasteiger partial charge on any atom is -0.501 e. The third kappa shape index (κ3) is 5.64. The van der Waals surface area contributed by atoms with Crippen LogP contribution in [-0.2, 0) is 28.2 Å².